The summed E-state index contributed by atoms with van der Waals surface area (Å²) in [7, 11) is 171. The Labute approximate surface area is 950 Å². The third kappa shape index (κ3) is 132. The van der Waals surface area contributed by atoms with Crippen molar-refractivity contribution in [3.8, 4) is 0 Å². The molecule has 0 spiro atoms. The van der Waals surface area contributed by atoms with E-state index in [4.69, 9.17) is 22.4 Å². The van der Waals surface area contributed by atoms with E-state index in [0.29, 0.717) is 0 Å². The van der Waals surface area contributed by atoms with Crippen LogP contribution in [0.15, 0.2) is 0 Å². The zero-order valence-electron chi connectivity index (χ0n) is 40.9. The van der Waals surface area contributed by atoms with Crippen molar-refractivity contribution in [1.82, 2.24) is 0 Å². The molecule has 1 N–H and O–H groups in total. The van der Waals surface area contributed by atoms with Crippen LogP contribution < -0.4 is 0 Å². The maximum Gasteiger partial charge on any atom is 0.0795 e. The third-order valence-corrected chi connectivity index (χ3v) is 217. The van der Waals surface area contributed by atoms with Crippen LogP contribution in [0.2, 0.25) is 0 Å². The first-order chi connectivity index (χ1) is 49.6. The lowest BCUT2D eigenvalue weighted by molar-refractivity contribution is 0.668. The van der Waals surface area contributed by atoms with Crippen molar-refractivity contribution in [3.63, 3.8) is 0 Å². The van der Waals surface area contributed by atoms with Crippen molar-refractivity contribution in [2.75, 3.05) is 0 Å². The molecule has 100 heteroatoms. The average Bonchev–Trinajstić information content (AvgIpc) is 2.94. The summed E-state index contributed by atoms with van der Waals surface area (Å²) in [6.07, 6.45) is 0. The van der Waals surface area contributed by atoms with E-state index in [-0.39, 0.29) is 0 Å². The Morgan fingerprint density at radius 2 is 0.180 bits per heavy atom. The Hall–Kier alpha value is 34.4. The standard InChI is InChI=1S/H2OS99/c1-100(3,4)99-98-97-96-95-94-93-92-91-90-89-88-87-86-85-84-83-82-81-80-79-78-77-76-75-74-73-72-71-70-69-68-67-66-65-64-63-62-61-60-59-58-57-56-55-54-53-52-51-50-49-48-47-46-45-44-43-42-41-40-39-38-37-36-35-34-33-32-31-30-29-28-27-26-25-24-23-22-21-20-19-18-17-16-15-14-13-12-11-10-9-8-7-6-5-2/h2H,(H,1,3,4). The molecule has 0 amide bonds. The van der Waals surface area contributed by atoms with Gasteiger partial charge in [0.1, 0.15) is 0 Å². The second-order valence-corrected chi connectivity index (χ2v) is 182. The summed E-state index contributed by atoms with van der Waals surface area (Å²) >= 11 is 13.7. The molecule has 0 aromatic heterocycles. The highest BCUT2D eigenvalue weighted by molar-refractivity contribution is 9.68. The van der Waals surface area contributed by atoms with E-state index in [9.17, 15) is 4.55 Å². The van der Waals surface area contributed by atoms with Crippen molar-refractivity contribution in [3.05, 3.63) is 0 Å². The second kappa shape index (κ2) is 128. The first kappa shape index (κ1) is 134. The average molecular weight is 3190 g/mol. The molecule has 0 aliphatic heterocycles. The van der Waals surface area contributed by atoms with Crippen molar-refractivity contribution in [2.24, 2.45) is 0 Å². The molecule has 602 valence electrons. The molecule has 0 radical (unpaired) electrons. The summed E-state index contributed by atoms with van der Waals surface area (Å²) in [5.41, 5.74) is 0. The zero-order chi connectivity index (χ0) is 71.7. The summed E-state index contributed by atoms with van der Waals surface area (Å²) in [5, 5.41) is 0. The van der Waals surface area contributed by atoms with Gasteiger partial charge in [-0.3, -0.25) is 0 Å². The molecule has 0 aliphatic rings. The van der Waals surface area contributed by atoms with Crippen LogP contribution in [-0.4, -0.2) is 4.55 Å². The van der Waals surface area contributed by atoms with Crippen molar-refractivity contribution < 1.29 is 4.55 Å². The number of hydrogen-bond acceptors (Lipinski definition) is 98. The van der Waals surface area contributed by atoms with Gasteiger partial charge in [0.25, 0.3) is 0 Å². The molecule has 0 bridgehead atoms. The predicted molar refractivity (Wildman–Crippen MR) is 755 cm³/mol. The van der Waals surface area contributed by atoms with E-state index in [1.807, 2.05) is 737 Å². The minimum atomic E-state index is -2.31. The molecule has 0 aromatic carbocycles. The van der Waals surface area contributed by atoms with Crippen LogP contribution in [0.25, 0.3) is 0 Å². The Kier molecular flexibility index (Phi) is 171. The summed E-state index contributed by atoms with van der Waals surface area (Å²) < 4.78 is 9.39. The van der Waals surface area contributed by atoms with Gasteiger partial charge in [-0.15, -0.1) is 0 Å². The topological polar surface area (TPSA) is 20.2 Å². The van der Waals surface area contributed by atoms with Gasteiger partial charge >= 0.3 is 0 Å². The minimum absolute atomic E-state index is 1.19. The molecule has 0 aliphatic carbocycles. The molecule has 0 heterocycles. The van der Waals surface area contributed by atoms with E-state index in [0.717, 1.165) is 0 Å². The van der Waals surface area contributed by atoms with Crippen molar-refractivity contribution in [2.45, 2.75) is 0 Å². The Morgan fingerprint density at radius 3 is 0.240 bits per heavy atom. The quantitative estimate of drug-likeness (QED) is 0.0342. The zero-order valence-corrected chi connectivity index (χ0v) is 122. The van der Waals surface area contributed by atoms with Crippen LogP contribution in [0.3, 0.4) is 0 Å². The van der Waals surface area contributed by atoms with E-state index in [1.165, 1.54) is 29.5 Å². The van der Waals surface area contributed by atoms with Crippen LogP contribution in [-0.2, 0) is 28.8 Å². The Balaban J connectivity index is 3.10. The number of rotatable bonds is 95. The van der Waals surface area contributed by atoms with Crippen LogP contribution >= 0.6 is 945 Å². The highest BCUT2D eigenvalue weighted by atomic mass is 34.2. The van der Waals surface area contributed by atoms with Crippen LogP contribution in [0.5, 0.6) is 0 Å². The normalized spacial score (nSPS) is 12.0. The second-order valence-electron chi connectivity index (χ2n) is 6.90. The summed E-state index contributed by atoms with van der Waals surface area (Å²) in [5.74, 6) is 0. The van der Waals surface area contributed by atoms with E-state index < -0.39 is 6.46 Å². The predicted octanol–water partition coefficient (Wildman–Crippen LogP) is 62.0. The van der Waals surface area contributed by atoms with Crippen molar-refractivity contribution >= 4 is 974 Å². The molecule has 1 nitrogen and oxygen atoms in total. The van der Waals surface area contributed by atoms with Crippen molar-refractivity contribution in [1.29, 1.82) is 0 Å². The highest BCUT2D eigenvalue weighted by Crippen LogP contribution is 2.74. The first-order valence-electron chi connectivity index (χ1n) is 16.5. The number of thiol groups is 1. The lowest BCUT2D eigenvalue weighted by Gasteiger charge is -2.00. The molecular weight excluding hydrogens is 3190 g/mol. The smallest absolute Gasteiger partial charge is 0.0795 e. The maximum absolute atomic E-state index is 9.39. The van der Waals surface area contributed by atoms with E-state index in [1.54, 1.807) is 167 Å². The van der Waals surface area contributed by atoms with E-state index in [2.05, 4.69) is 11.7 Å². The fourth-order valence-corrected chi connectivity index (χ4v) is 263. The van der Waals surface area contributed by atoms with Gasteiger partial charge in [0.15, 0.2) is 0 Å². The third-order valence-electron chi connectivity index (χ3n) is 2.70. The van der Waals surface area contributed by atoms with Gasteiger partial charge in [0, 0.05) is 855 Å². The molecule has 0 unspecified atom stereocenters. The molecule has 0 fully saturated rings. The minimum Gasteiger partial charge on any atom is -0.317 e. The molecule has 100 heavy (non-hydrogen) atoms. The molecule has 0 aromatic rings. The fraction of sp³-hybridized carbons (Fsp3) is 0. The summed E-state index contributed by atoms with van der Waals surface area (Å²) in [6, 6.07) is 0. The lowest BCUT2D eigenvalue weighted by atomic mass is 15.9. The van der Waals surface area contributed by atoms with Gasteiger partial charge in [-0.2, -0.15) is 0 Å². The monoisotopic (exact) mass is 3180 g/mol. The largest absolute Gasteiger partial charge is 0.317 e. The Bertz CT molecular complexity index is 1470. The van der Waals surface area contributed by atoms with Gasteiger partial charge in [-0.25, -0.2) is 0 Å². The SMILES string of the molecule is OS(=S)(=S)SSSSSSSSSSSSSSSSSSSSSSSSSSSSSSSSSSSSSSSSSSSSSSSSSSSSSSSSSSSSSSSSSSSSSSSSSSSSSSSSSSSSSSSSSSSSSSSS. The van der Waals surface area contributed by atoms with Crippen LogP contribution in [0, 0.1) is 0 Å². The number of hydrogen-bond donors (Lipinski definition) is 2. The van der Waals surface area contributed by atoms with Gasteiger partial charge in [0.05, 0.1) is 6.46 Å². The first-order valence-corrected chi connectivity index (χ1v) is 148. The highest BCUT2D eigenvalue weighted by Gasteiger charge is 2.09. The maximum atomic E-state index is 9.39. The summed E-state index contributed by atoms with van der Waals surface area (Å²) in [4.78, 5) is 0. The van der Waals surface area contributed by atoms with Gasteiger partial charge in [-0.05, 0) is 101 Å². The van der Waals surface area contributed by atoms with Gasteiger partial charge in [-0.1, -0.05) is 11.7 Å². The molecule has 0 saturated carbocycles. The summed E-state index contributed by atoms with van der Waals surface area (Å²) in [6.45, 7) is -2.31. The van der Waals surface area contributed by atoms with Crippen LogP contribution in [0.4, 0.5) is 0 Å². The molecular formula is H2OS99. The van der Waals surface area contributed by atoms with E-state index >= 15 is 0 Å². The molecule has 0 atom stereocenters. The van der Waals surface area contributed by atoms with Gasteiger partial charge < -0.3 is 4.55 Å². The van der Waals surface area contributed by atoms with Crippen LogP contribution in [0.1, 0.15) is 0 Å². The van der Waals surface area contributed by atoms with Gasteiger partial charge in [0.2, 0.25) is 0 Å². The Morgan fingerprint density at radius 1 is 0.120 bits per heavy atom. The fourth-order valence-electron chi connectivity index (χ4n) is 1.09. The molecule has 0 saturated heterocycles. The molecule has 0 rings (SSSR count). The lowest BCUT2D eigenvalue weighted by Crippen LogP contribution is -1.77.